The summed E-state index contributed by atoms with van der Waals surface area (Å²) in [6.07, 6.45) is 13.6. The van der Waals surface area contributed by atoms with Gasteiger partial charge in [0.1, 0.15) is 5.60 Å². The quantitative estimate of drug-likeness (QED) is 0.145. The van der Waals surface area contributed by atoms with Gasteiger partial charge in [-0.3, -0.25) is 0 Å². The maximum absolute atomic E-state index is 13.1. The number of ether oxygens (including phenoxy) is 1. The van der Waals surface area contributed by atoms with Crippen LogP contribution in [0, 0.1) is 0 Å². The Morgan fingerprint density at radius 3 is 1.55 bits per heavy atom. The maximum atomic E-state index is 13.1. The average molecular weight is 825 g/mol. The van der Waals surface area contributed by atoms with Gasteiger partial charge in [-0.1, -0.05) is 108 Å². The van der Waals surface area contributed by atoms with E-state index in [9.17, 15) is 4.79 Å². The normalized spacial score (nSPS) is 17.1. The van der Waals surface area contributed by atoms with Gasteiger partial charge < -0.3 is 23.4 Å². The topological polar surface area (TPSA) is 51.4 Å². The van der Waals surface area contributed by atoms with Crippen molar-refractivity contribution in [2.24, 2.45) is 0 Å². The zero-order chi connectivity index (χ0) is 42.5. The molecule has 2 aliphatic rings. The molecule has 2 aromatic heterocycles. The number of fused-ring (bicyclic) bond motifs is 2. The Hall–Kier alpha value is -2.98. The monoisotopic (exact) mass is 825 g/mol. The minimum atomic E-state index is -2.04. The summed E-state index contributed by atoms with van der Waals surface area (Å²) in [6.45, 7) is 37.1. The molecule has 1 saturated carbocycles. The summed E-state index contributed by atoms with van der Waals surface area (Å²) in [5.41, 5.74) is 11.3. The first-order chi connectivity index (χ1) is 27.2. The lowest BCUT2D eigenvalue weighted by Crippen LogP contribution is -2.51. The van der Waals surface area contributed by atoms with Crippen molar-refractivity contribution in [2.45, 2.75) is 199 Å². The third-order valence-electron chi connectivity index (χ3n) is 15.0. The lowest BCUT2D eigenvalue weighted by atomic mass is 9.84. The molecule has 3 heterocycles. The molecule has 1 N–H and O–H groups in total. The zero-order valence-electron chi connectivity index (χ0n) is 39.3. The number of aromatic nitrogens is 2. The second kappa shape index (κ2) is 17.2. The molecule has 0 unspecified atom stereocenters. The number of nitrogens with zero attached hydrogens (tertiary/aromatic N) is 3. The van der Waals surface area contributed by atoms with Crippen LogP contribution in [0.2, 0.25) is 33.2 Å². The van der Waals surface area contributed by atoms with Crippen LogP contribution >= 0.6 is 0 Å². The van der Waals surface area contributed by atoms with E-state index in [1.54, 1.807) is 5.56 Å². The molecule has 1 aliphatic carbocycles. The van der Waals surface area contributed by atoms with Crippen LogP contribution in [0.4, 0.5) is 16.2 Å². The highest BCUT2D eigenvalue weighted by molar-refractivity contribution is 6.83. The smallest absolute Gasteiger partial charge is 0.410 e. The van der Waals surface area contributed by atoms with Crippen LogP contribution in [0.25, 0.3) is 21.8 Å². The minimum Gasteiger partial charge on any atom is -0.444 e. The van der Waals surface area contributed by atoms with Crippen molar-refractivity contribution in [3.8, 4) is 0 Å². The molecule has 1 saturated heterocycles. The SMILES string of the molecule is CC(C)[Si](C(C)C)(C(C)C)n1cc(C2CCCCC2)c2ccc(Nc3ccc4c(c3)c(C3CCN(C(=O)OC(C)(C)C)CC3)cn4[Si](C(C)C)(C(C)C)C(C)C)cc21. The van der Waals surface area contributed by atoms with Crippen molar-refractivity contribution < 1.29 is 9.53 Å². The van der Waals surface area contributed by atoms with Gasteiger partial charge in [0, 0.05) is 46.3 Å². The molecule has 8 heteroatoms. The summed E-state index contributed by atoms with van der Waals surface area (Å²) in [5.74, 6) is 1.04. The first-order valence-corrected chi connectivity index (χ1v) is 27.7. The Morgan fingerprint density at radius 1 is 0.603 bits per heavy atom. The third kappa shape index (κ3) is 7.99. The fourth-order valence-electron chi connectivity index (χ4n) is 12.9. The molecule has 1 aliphatic heterocycles. The van der Waals surface area contributed by atoms with Crippen molar-refractivity contribution in [1.29, 1.82) is 0 Å². The Morgan fingerprint density at radius 2 is 1.05 bits per heavy atom. The van der Waals surface area contributed by atoms with Crippen molar-refractivity contribution in [3.63, 3.8) is 0 Å². The van der Waals surface area contributed by atoms with Gasteiger partial charge in [0.05, 0.1) is 0 Å². The van der Waals surface area contributed by atoms with E-state index in [1.807, 2.05) is 25.7 Å². The van der Waals surface area contributed by atoms with Gasteiger partial charge in [-0.15, -0.1) is 0 Å². The average Bonchev–Trinajstić information content (AvgIpc) is 3.70. The molecule has 4 aromatic rings. The molecule has 0 spiro atoms. The van der Waals surface area contributed by atoms with E-state index in [2.05, 4.69) is 146 Å². The summed E-state index contributed by atoms with van der Waals surface area (Å²) < 4.78 is 11.5. The van der Waals surface area contributed by atoms with Crippen LogP contribution in [-0.4, -0.2) is 54.6 Å². The number of hydrogen-bond donors (Lipinski definition) is 1. The van der Waals surface area contributed by atoms with Crippen LogP contribution in [0.5, 0.6) is 0 Å². The molecular weight excluding hydrogens is 745 g/mol. The first kappa shape index (κ1) is 44.6. The molecular formula is C50H80N4O2Si2. The van der Waals surface area contributed by atoms with Crippen molar-refractivity contribution in [2.75, 3.05) is 18.4 Å². The van der Waals surface area contributed by atoms with E-state index in [0.717, 1.165) is 31.6 Å². The summed E-state index contributed by atoms with van der Waals surface area (Å²) in [4.78, 5) is 15.0. The van der Waals surface area contributed by atoms with Gasteiger partial charge in [-0.2, -0.15) is 0 Å². The van der Waals surface area contributed by atoms with Gasteiger partial charge in [0.25, 0.3) is 0 Å². The van der Waals surface area contributed by atoms with Crippen LogP contribution in [0.3, 0.4) is 0 Å². The van der Waals surface area contributed by atoms with Crippen LogP contribution in [-0.2, 0) is 4.74 Å². The number of carbonyl (C=O) groups excluding carboxylic acids is 1. The Bertz CT molecular complexity index is 1990. The second-order valence-corrected chi connectivity index (χ2v) is 32.7. The molecule has 6 rings (SSSR count). The molecule has 320 valence electrons. The molecule has 0 bridgehead atoms. The zero-order valence-corrected chi connectivity index (χ0v) is 41.3. The molecule has 0 atom stereocenters. The predicted molar refractivity (Wildman–Crippen MR) is 256 cm³/mol. The Balaban J connectivity index is 1.46. The fourth-order valence-corrected chi connectivity index (χ4v) is 26.2. The largest absolute Gasteiger partial charge is 0.444 e. The minimum absolute atomic E-state index is 0.185. The van der Waals surface area contributed by atoms with Gasteiger partial charge in [-0.25, -0.2) is 4.79 Å². The second-order valence-electron chi connectivity index (χ2n) is 21.3. The van der Waals surface area contributed by atoms with E-state index >= 15 is 0 Å². The van der Waals surface area contributed by atoms with Gasteiger partial charge >= 0.3 is 6.09 Å². The Labute approximate surface area is 355 Å². The highest BCUT2D eigenvalue weighted by atomic mass is 28.3. The van der Waals surface area contributed by atoms with Gasteiger partial charge in [0.15, 0.2) is 16.5 Å². The number of anilines is 2. The number of carbonyl (C=O) groups is 1. The molecule has 1 amide bonds. The number of amides is 1. The Kier molecular flexibility index (Phi) is 13.2. The fraction of sp³-hybridized carbons (Fsp3) is 0.660. The van der Waals surface area contributed by atoms with E-state index in [0.29, 0.717) is 45.1 Å². The van der Waals surface area contributed by atoms with Crippen LogP contribution in [0.1, 0.15) is 172 Å². The predicted octanol–water partition coefficient (Wildman–Crippen LogP) is 15.5. The molecule has 0 radical (unpaired) electrons. The number of likely N-dealkylation sites (tertiary alicyclic amines) is 1. The molecule has 6 nitrogen and oxygen atoms in total. The van der Waals surface area contributed by atoms with E-state index in [4.69, 9.17) is 4.74 Å². The van der Waals surface area contributed by atoms with E-state index in [1.165, 1.54) is 65.2 Å². The van der Waals surface area contributed by atoms with E-state index in [-0.39, 0.29) is 6.09 Å². The standard InChI is InChI=1S/C50H80N4O2Si2/c1-33(2)57(34(3)4,35(5)6)53-32-46(40-25-27-52(28-26-40)49(55)56-50(13,14)15)44-29-41(22-24-47(44)53)51-42-21-23-43-45(39-19-17-16-18-20-39)31-54(48(43)30-42)58(36(7)8,37(9)10)38(11)12/h21-24,29-40,51H,16-20,25-28H2,1-15H3. The molecule has 2 aromatic carbocycles. The summed E-state index contributed by atoms with van der Waals surface area (Å²) in [5, 5.41) is 6.81. The lowest BCUT2D eigenvalue weighted by molar-refractivity contribution is 0.0205. The van der Waals surface area contributed by atoms with Crippen molar-refractivity contribution >= 4 is 55.7 Å². The highest BCUT2D eigenvalue weighted by Crippen LogP contribution is 2.49. The molecule has 58 heavy (non-hydrogen) atoms. The number of piperidine rings is 1. The summed E-state index contributed by atoms with van der Waals surface area (Å²) in [6, 6.07) is 14.5. The molecule has 2 fully saturated rings. The lowest BCUT2D eigenvalue weighted by Gasteiger charge is -2.44. The van der Waals surface area contributed by atoms with E-state index < -0.39 is 22.1 Å². The number of rotatable bonds is 12. The highest BCUT2D eigenvalue weighted by Gasteiger charge is 2.48. The third-order valence-corrected chi connectivity index (χ3v) is 28.5. The summed E-state index contributed by atoms with van der Waals surface area (Å²) in [7, 11) is -4.04. The maximum Gasteiger partial charge on any atom is 0.410 e. The van der Waals surface area contributed by atoms with Crippen LogP contribution in [0.15, 0.2) is 48.8 Å². The van der Waals surface area contributed by atoms with Gasteiger partial charge in [-0.05, 0) is 145 Å². The van der Waals surface area contributed by atoms with Crippen molar-refractivity contribution in [1.82, 2.24) is 13.4 Å². The summed E-state index contributed by atoms with van der Waals surface area (Å²) >= 11 is 0. The van der Waals surface area contributed by atoms with Gasteiger partial charge in [0.2, 0.25) is 0 Å². The number of benzene rings is 2. The van der Waals surface area contributed by atoms with Crippen LogP contribution < -0.4 is 5.32 Å². The van der Waals surface area contributed by atoms with Crippen molar-refractivity contribution in [3.05, 3.63) is 59.9 Å². The number of nitrogens with one attached hydrogen (secondary N) is 1. The first-order valence-electron chi connectivity index (χ1n) is 23.3. The number of hydrogen-bond acceptors (Lipinski definition) is 3.